The SMILES string of the molecule is CNCC[C@H](C)N.Cl. The summed E-state index contributed by atoms with van der Waals surface area (Å²) in [4.78, 5) is 0. The minimum Gasteiger partial charge on any atom is -0.328 e. The zero-order valence-electron chi connectivity index (χ0n) is 5.48. The molecule has 1 atom stereocenters. The summed E-state index contributed by atoms with van der Waals surface area (Å²) in [6.07, 6.45) is 1.07. The molecule has 0 bridgehead atoms. The molecule has 0 aliphatic carbocycles. The van der Waals surface area contributed by atoms with Crippen LogP contribution in [-0.4, -0.2) is 19.6 Å². The molecule has 0 rings (SSSR count). The Morgan fingerprint density at radius 1 is 1.62 bits per heavy atom. The van der Waals surface area contributed by atoms with E-state index in [1.165, 1.54) is 0 Å². The van der Waals surface area contributed by atoms with Crippen LogP contribution in [0.25, 0.3) is 0 Å². The third kappa shape index (κ3) is 9.51. The smallest absolute Gasteiger partial charge is 0.00225 e. The lowest BCUT2D eigenvalue weighted by Crippen LogP contribution is -2.21. The summed E-state index contributed by atoms with van der Waals surface area (Å²) in [6.45, 7) is 3.04. The van der Waals surface area contributed by atoms with Crippen LogP contribution >= 0.6 is 12.4 Å². The fourth-order valence-electron chi connectivity index (χ4n) is 0.372. The molecule has 52 valence electrons. The molecule has 0 aromatic carbocycles. The lowest BCUT2D eigenvalue weighted by molar-refractivity contribution is 0.627. The van der Waals surface area contributed by atoms with Gasteiger partial charge in [0.15, 0.2) is 0 Å². The summed E-state index contributed by atoms with van der Waals surface area (Å²) < 4.78 is 0. The van der Waals surface area contributed by atoms with Gasteiger partial charge >= 0.3 is 0 Å². The van der Waals surface area contributed by atoms with Crippen molar-refractivity contribution in [3.05, 3.63) is 0 Å². The fraction of sp³-hybridized carbons (Fsp3) is 1.00. The van der Waals surface area contributed by atoms with E-state index >= 15 is 0 Å². The van der Waals surface area contributed by atoms with Gasteiger partial charge in [0.1, 0.15) is 0 Å². The van der Waals surface area contributed by atoms with Crippen LogP contribution in [0.15, 0.2) is 0 Å². The van der Waals surface area contributed by atoms with Gasteiger partial charge in [-0.3, -0.25) is 0 Å². The van der Waals surface area contributed by atoms with Gasteiger partial charge in [-0.25, -0.2) is 0 Å². The van der Waals surface area contributed by atoms with Gasteiger partial charge in [-0.2, -0.15) is 0 Å². The van der Waals surface area contributed by atoms with E-state index in [4.69, 9.17) is 5.73 Å². The maximum absolute atomic E-state index is 5.44. The predicted molar refractivity (Wildman–Crippen MR) is 39.4 cm³/mol. The Labute approximate surface area is 57.2 Å². The van der Waals surface area contributed by atoms with E-state index in [9.17, 15) is 0 Å². The molecule has 8 heavy (non-hydrogen) atoms. The summed E-state index contributed by atoms with van der Waals surface area (Å²) in [7, 11) is 1.93. The van der Waals surface area contributed by atoms with Crippen LogP contribution in [0.2, 0.25) is 0 Å². The molecule has 0 saturated heterocycles. The first-order chi connectivity index (χ1) is 3.27. The van der Waals surface area contributed by atoms with E-state index in [2.05, 4.69) is 5.32 Å². The van der Waals surface area contributed by atoms with E-state index in [0.29, 0.717) is 6.04 Å². The molecule has 0 amide bonds. The van der Waals surface area contributed by atoms with Crippen molar-refractivity contribution < 1.29 is 0 Å². The second-order valence-electron chi connectivity index (χ2n) is 1.87. The van der Waals surface area contributed by atoms with Crippen LogP contribution < -0.4 is 11.1 Å². The number of rotatable bonds is 3. The highest BCUT2D eigenvalue weighted by Gasteiger charge is 1.88. The Balaban J connectivity index is 0. The second kappa shape index (κ2) is 7.21. The van der Waals surface area contributed by atoms with Gasteiger partial charge in [0.05, 0.1) is 0 Å². The zero-order valence-corrected chi connectivity index (χ0v) is 6.29. The Kier molecular flexibility index (Phi) is 9.97. The highest BCUT2D eigenvalue weighted by Crippen LogP contribution is 1.79. The van der Waals surface area contributed by atoms with Gasteiger partial charge in [0.25, 0.3) is 0 Å². The molecule has 0 fully saturated rings. The highest BCUT2D eigenvalue weighted by atomic mass is 35.5. The summed E-state index contributed by atoms with van der Waals surface area (Å²) in [5.41, 5.74) is 5.44. The standard InChI is InChI=1S/C5H14N2.ClH/c1-5(6)3-4-7-2;/h5,7H,3-4,6H2,1-2H3;1H/t5-;/m0./s1. The summed E-state index contributed by atoms with van der Waals surface area (Å²) in [5, 5.41) is 3.02. The van der Waals surface area contributed by atoms with Crippen molar-refractivity contribution in [3.63, 3.8) is 0 Å². The summed E-state index contributed by atoms with van der Waals surface area (Å²) in [6, 6.07) is 0.340. The molecule has 0 aliphatic rings. The van der Waals surface area contributed by atoms with Crippen molar-refractivity contribution >= 4 is 12.4 Å². The van der Waals surface area contributed by atoms with Crippen molar-refractivity contribution in [2.24, 2.45) is 5.73 Å². The first kappa shape index (κ1) is 11.1. The molecule has 0 aliphatic heterocycles. The molecule has 0 unspecified atom stereocenters. The average Bonchev–Trinajstić information content (AvgIpc) is 1.61. The van der Waals surface area contributed by atoms with Crippen LogP contribution in [0.1, 0.15) is 13.3 Å². The fourth-order valence-corrected chi connectivity index (χ4v) is 0.372. The lowest BCUT2D eigenvalue weighted by Gasteiger charge is -2.00. The minimum absolute atomic E-state index is 0. The molecule has 3 heteroatoms. The monoisotopic (exact) mass is 138 g/mol. The van der Waals surface area contributed by atoms with Crippen LogP contribution in [-0.2, 0) is 0 Å². The van der Waals surface area contributed by atoms with Gasteiger partial charge in [-0.05, 0) is 26.9 Å². The number of hydrogen-bond donors (Lipinski definition) is 2. The van der Waals surface area contributed by atoms with Crippen molar-refractivity contribution in [1.29, 1.82) is 0 Å². The molecular formula is C5H15ClN2. The quantitative estimate of drug-likeness (QED) is 0.592. The number of halogens is 1. The third-order valence-electron chi connectivity index (χ3n) is 0.850. The van der Waals surface area contributed by atoms with E-state index < -0.39 is 0 Å². The molecule has 0 radical (unpaired) electrons. The Morgan fingerprint density at radius 3 is 2.25 bits per heavy atom. The molecule has 0 spiro atoms. The zero-order chi connectivity index (χ0) is 5.70. The molecule has 3 N–H and O–H groups in total. The number of nitrogens with one attached hydrogen (secondary N) is 1. The molecule has 0 aromatic heterocycles. The van der Waals surface area contributed by atoms with Crippen molar-refractivity contribution in [2.45, 2.75) is 19.4 Å². The van der Waals surface area contributed by atoms with Crippen LogP contribution in [0.5, 0.6) is 0 Å². The first-order valence-electron chi connectivity index (χ1n) is 2.67. The van der Waals surface area contributed by atoms with E-state index in [0.717, 1.165) is 13.0 Å². The van der Waals surface area contributed by atoms with E-state index in [-0.39, 0.29) is 12.4 Å². The minimum atomic E-state index is 0. The number of hydrogen-bond acceptors (Lipinski definition) is 2. The summed E-state index contributed by atoms with van der Waals surface area (Å²) >= 11 is 0. The Bertz CT molecular complexity index is 39.4. The number of nitrogens with two attached hydrogens (primary N) is 1. The molecule has 0 heterocycles. The molecule has 0 aromatic rings. The van der Waals surface area contributed by atoms with Gasteiger partial charge in [-0.1, -0.05) is 0 Å². The van der Waals surface area contributed by atoms with Crippen molar-refractivity contribution in [1.82, 2.24) is 5.32 Å². The average molecular weight is 139 g/mol. The van der Waals surface area contributed by atoms with Gasteiger partial charge in [-0.15, -0.1) is 12.4 Å². The maximum atomic E-state index is 5.44. The molecule has 2 nitrogen and oxygen atoms in total. The van der Waals surface area contributed by atoms with Gasteiger partial charge in [0, 0.05) is 6.04 Å². The predicted octanol–water partition coefficient (Wildman–Crippen LogP) is 0.365. The Morgan fingerprint density at radius 2 is 2.12 bits per heavy atom. The van der Waals surface area contributed by atoms with Gasteiger partial charge in [0.2, 0.25) is 0 Å². The van der Waals surface area contributed by atoms with Crippen LogP contribution in [0.3, 0.4) is 0 Å². The van der Waals surface area contributed by atoms with E-state index in [1.54, 1.807) is 0 Å². The van der Waals surface area contributed by atoms with E-state index in [1.807, 2.05) is 14.0 Å². The largest absolute Gasteiger partial charge is 0.328 e. The first-order valence-corrected chi connectivity index (χ1v) is 2.67. The lowest BCUT2D eigenvalue weighted by atomic mass is 10.2. The van der Waals surface area contributed by atoms with Crippen LogP contribution in [0, 0.1) is 0 Å². The molecule has 0 saturated carbocycles. The second-order valence-corrected chi connectivity index (χ2v) is 1.87. The van der Waals surface area contributed by atoms with Crippen molar-refractivity contribution in [2.75, 3.05) is 13.6 Å². The third-order valence-corrected chi connectivity index (χ3v) is 0.850. The van der Waals surface area contributed by atoms with Crippen molar-refractivity contribution in [3.8, 4) is 0 Å². The normalized spacial score (nSPS) is 12.4. The molecular weight excluding hydrogens is 124 g/mol. The summed E-state index contributed by atoms with van der Waals surface area (Å²) in [5.74, 6) is 0. The Hall–Kier alpha value is 0.210. The topological polar surface area (TPSA) is 38.0 Å². The van der Waals surface area contributed by atoms with Gasteiger partial charge < -0.3 is 11.1 Å². The van der Waals surface area contributed by atoms with Crippen LogP contribution in [0.4, 0.5) is 0 Å². The highest BCUT2D eigenvalue weighted by molar-refractivity contribution is 5.85. The maximum Gasteiger partial charge on any atom is 0.00225 e.